The van der Waals surface area contributed by atoms with Crippen LogP contribution in [0.3, 0.4) is 0 Å². The summed E-state index contributed by atoms with van der Waals surface area (Å²) in [7, 11) is 0. The van der Waals surface area contributed by atoms with Crippen molar-refractivity contribution in [1.82, 2.24) is 0 Å². The zero-order valence-electron chi connectivity index (χ0n) is 6.81. The van der Waals surface area contributed by atoms with Gasteiger partial charge in [-0.2, -0.15) is 0 Å². The molecule has 3 atom stereocenters. The maximum atomic E-state index is 9.33. The van der Waals surface area contributed by atoms with Crippen LogP contribution < -0.4 is 0 Å². The summed E-state index contributed by atoms with van der Waals surface area (Å²) in [4.78, 5) is 0. The first-order valence-corrected chi connectivity index (χ1v) is 4.31. The minimum absolute atomic E-state index is 0.0830. The van der Waals surface area contributed by atoms with E-state index in [0.29, 0.717) is 13.0 Å². The van der Waals surface area contributed by atoms with Crippen LogP contribution in [0.15, 0.2) is 5.16 Å². The molecule has 2 N–H and O–H groups in total. The molecule has 1 aliphatic heterocycles. The zero-order chi connectivity index (χ0) is 8.55. The number of aliphatic hydroxyl groups excluding tert-OH is 1. The van der Waals surface area contributed by atoms with Crippen molar-refractivity contribution >= 4 is 5.71 Å². The summed E-state index contributed by atoms with van der Waals surface area (Å²) in [5.74, 6) is 0.249. The van der Waals surface area contributed by atoms with Crippen LogP contribution in [0.1, 0.15) is 19.3 Å². The predicted octanol–water partition coefficient (Wildman–Crippen LogP) is 0.376. The molecule has 1 saturated carbocycles. The van der Waals surface area contributed by atoms with Gasteiger partial charge in [0.2, 0.25) is 0 Å². The molecule has 0 aromatic rings. The fourth-order valence-electron chi connectivity index (χ4n) is 2.08. The Morgan fingerprint density at radius 2 is 2.25 bits per heavy atom. The highest BCUT2D eigenvalue weighted by Gasteiger charge is 2.38. The molecule has 2 aliphatic rings. The first kappa shape index (κ1) is 8.01. The van der Waals surface area contributed by atoms with Crippen LogP contribution in [0.5, 0.6) is 0 Å². The molecule has 2 fully saturated rings. The molecule has 0 aromatic carbocycles. The van der Waals surface area contributed by atoms with Crippen LogP contribution in [0.25, 0.3) is 0 Å². The van der Waals surface area contributed by atoms with Gasteiger partial charge in [0.15, 0.2) is 0 Å². The lowest BCUT2D eigenvalue weighted by Gasteiger charge is -2.26. The molecule has 0 bridgehead atoms. The molecule has 4 nitrogen and oxygen atoms in total. The lowest BCUT2D eigenvalue weighted by molar-refractivity contribution is 0.00736. The molecule has 0 radical (unpaired) electrons. The monoisotopic (exact) mass is 171 g/mol. The third kappa shape index (κ3) is 1.21. The standard InChI is InChI=1S/C8H13NO3/c10-5-1-2-6-7(9-11)4-12-8(6)3-5/h5-6,8,10-11H,1-4H2. The van der Waals surface area contributed by atoms with Gasteiger partial charge in [-0.1, -0.05) is 5.16 Å². The highest BCUT2D eigenvalue weighted by atomic mass is 16.5. The average molecular weight is 171 g/mol. The number of ether oxygens (including phenoxy) is 1. The first-order chi connectivity index (χ1) is 5.81. The molecule has 1 aliphatic carbocycles. The molecule has 68 valence electrons. The molecule has 0 aromatic heterocycles. The maximum absolute atomic E-state index is 9.33. The van der Waals surface area contributed by atoms with Gasteiger partial charge < -0.3 is 15.1 Å². The Morgan fingerprint density at radius 1 is 1.42 bits per heavy atom. The second-order valence-electron chi connectivity index (χ2n) is 3.51. The summed E-state index contributed by atoms with van der Waals surface area (Å²) in [5.41, 5.74) is 0.743. The quantitative estimate of drug-likeness (QED) is 0.409. The van der Waals surface area contributed by atoms with Crippen LogP contribution >= 0.6 is 0 Å². The van der Waals surface area contributed by atoms with E-state index in [9.17, 15) is 5.11 Å². The Labute approximate surface area is 70.8 Å². The second-order valence-corrected chi connectivity index (χ2v) is 3.51. The first-order valence-electron chi connectivity index (χ1n) is 4.31. The largest absolute Gasteiger partial charge is 0.411 e. The van der Waals surface area contributed by atoms with Crippen molar-refractivity contribution < 1.29 is 15.1 Å². The third-order valence-corrected chi connectivity index (χ3v) is 2.77. The van der Waals surface area contributed by atoms with E-state index >= 15 is 0 Å². The van der Waals surface area contributed by atoms with E-state index in [1.54, 1.807) is 0 Å². The summed E-state index contributed by atoms with van der Waals surface area (Å²) in [6.45, 7) is 0.429. The Bertz CT molecular complexity index is 204. The number of fused-ring (bicyclic) bond motifs is 1. The molecular formula is C8H13NO3. The molecule has 1 saturated heterocycles. The van der Waals surface area contributed by atoms with Gasteiger partial charge in [0, 0.05) is 12.3 Å². The minimum atomic E-state index is -0.232. The lowest BCUT2D eigenvalue weighted by Crippen LogP contribution is -2.31. The molecule has 0 spiro atoms. The van der Waals surface area contributed by atoms with Crippen molar-refractivity contribution in [2.75, 3.05) is 6.61 Å². The summed E-state index contributed by atoms with van der Waals surface area (Å²) in [5, 5.41) is 21.2. The highest BCUT2D eigenvalue weighted by Crippen LogP contribution is 2.32. The van der Waals surface area contributed by atoms with Crippen molar-refractivity contribution in [3.8, 4) is 0 Å². The van der Waals surface area contributed by atoms with Crippen LogP contribution in [-0.4, -0.2) is 34.8 Å². The average Bonchev–Trinajstić information content (AvgIpc) is 2.46. The highest BCUT2D eigenvalue weighted by molar-refractivity contribution is 5.89. The molecule has 2 rings (SSSR count). The third-order valence-electron chi connectivity index (χ3n) is 2.77. The van der Waals surface area contributed by atoms with E-state index in [0.717, 1.165) is 18.6 Å². The Morgan fingerprint density at radius 3 is 3.00 bits per heavy atom. The number of aliphatic hydroxyl groups is 1. The normalized spacial score (nSPS) is 44.8. The fourth-order valence-corrected chi connectivity index (χ4v) is 2.08. The van der Waals surface area contributed by atoms with E-state index < -0.39 is 0 Å². The van der Waals surface area contributed by atoms with Crippen molar-refractivity contribution in [3.63, 3.8) is 0 Å². The smallest absolute Gasteiger partial charge is 0.0889 e. The molecular weight excluding hydrogens is 158 g/mol. The minimum Gasteiger partial charge on any atom is -0.411 e. The summed E-state index contributed by atoms with van der Waals surface area (Å²) < 4.78 is 5.38. The summed E-state index contributed by atoms with van der Waals surface area (Å²) in [6, 6.07) is 0. The van der Waals surface area contributed by atoms with Crippen molar-refractivity contribution in [1.29, 1.82) is 0 Å². The maximum Gasteiger partial charge on any atom is 0.0889 e. The topological polar surface area (TPSA) is 62.1 Å². The lowest BCUT2D eigenvalue weighted by atomic mass is 9.84. The number of nitrogens with zero attached hydrogens (tertiary/aromatic N) is 1. The van der Waals surface area contributed by atoms with E-state index in [1.807, 2.05) is 0 Å². The number of oxime groups is 1. The zero-order valence-corrected chi connectivity index (χ0v) is 6.81. The van der Waals surface area contributed by atoms with Crippen molar-refractivity contribution in [2.24, 2.45) is 11.1 Å². The van der Waals surface area contributed by atoms with Gasteiger partial charge in [-0.25, -0.2) is 0 Å². The van der Waals surface area contributed by atoms with Gasteiger partial charge in [0.1, 0.15) is 0 Å². The van der Waals surface area contributed by atoms with Crippen LogP contribution in [-0.2, 0) is 4.74 Å². The van der Waals surface area contributed by atoms with Crippen LogP contribution in [0.4, 0.5) is 0 Å². The van der Waals surface area contributed by atoms with Gasteiger partial charge in [-0.3, -0.25) is 0 Å². The summed E-state index contributed by atoms with van der Waals surface area (Å²) >= 11 is 0. The summed E-state index contributed by atoms with van der Waals surface area (Å²) in [6.07, 6.45) is 2.21. The number of hydrogen-bond donors (Lipinski definition) is 2. The molecule has 4 heteroatoms. The molecule has 1 heterocycles. The van der Waals surface area contributed by atoms with Gasteiger partial charge in [0.25, 0.3) is 0 Å². The Kier molecular flexibility index (Phi) is 2.02. The number of rotatable bonds is 0. The van der Waals surface area contributed by atoms with Crippen molar-refractivity contribution in [3.05, 3.63) is 0 Å². The van der Waals surface area contributed by atoms with Crippen molar-refractivity contribution in [2.45, 2.75) is 31.5 Å². The molecule has 12 heavy (non-hydrogen) atoms. The van der Waals surface area contributed by atoms with E-state index in [1.165, 1.54) is 0 Å². The van der Waals surface area contributed by atoms with E-state index in [4.69, 9.17) is 9.94 Å². The predicted molar refractivity (Wildman–Crippen MR) is 42.3 cm³/mol. The van der Waals surface area contributed by atoms with Crippen LogP contribution in [0, 0.1) is 5.92 Å². The van der Waals surface area contributed by atoms with Gasteiger partial charge >= 0.3 is 0 Å². The van der Waals surface area contributed by atoms with Gasteiger partial charge in [-0.15, -0.1) is 0 Å². The Balaban J connectivity index is 2.07. The fraction of sp³-hybridized carbons (Fsp3) is 0.875. The van der Waals surface area contributed by atoms with Gasteiger partial charge in [0.05, 0.1) is 24.5 Å². The SMILES string of the molecule is ON=C1COC2CC(O)CCC12. The Hall–Kier alpha value is -0.610. The number of hydrogen-bond acceptors (Lipinski definition) is 4. The van der Waals surface area contributed by atoms with E-state index in [2.05, 4.69) is 5.16 Å². The second kappa shape index (κ2) is 3.03. The molecule has 0 amide bonds. The van der Waals surface area contributed by atoms with Gasteiger partial charge in [-0.05, 0) is 12.8 Å². The molecule has 3 unspecified atom stereocenters. The van der Waals surface area contributed by atoms with Crippen LogP contribution in [0.2, 0.25) is 0 Å². The van der Waals surface area contributed by atoms with E-state index in [-0.39, 0.29) is 18.1 Å².